The van der Waals surface area contributed by atoms with Crippen LogP contribution in [0.1, 0.15) is 38.9 Å². The zero-order valence-electron chi connectivity index (χ0n) is 12.5. The van der Waals surface area contributed by atoms with Gasteiger partial charge in [-0.2, -0.15) is 0 Å². The maximum atomic E-state index is 11.9. The molecule has 110 valence electrons. The highest BCUT2D eigenvalue weighted by Crippen LogP contribution is 2.32. The molecule has 0 saturated carbocycles. The van der Waals surface area contributed by atoms with Gasteiger partial charge in [0.25, 0.3) is 5.56 Å². The van der Waals surface area contributed by atoms with Crippen LogP contribution in [0.3, 0.4) is 0 Å². The molecule has 1 aromatic rings. The highest BCUT2D eigenvalue weighted by atomic mass is 16.2. The Morgan fingerprint density at radius 2 is 2.25 bits per heavy atom. The van der Waals surface area contributed by atoms with Crippen LogP contribution in [0, 0.1) is 5.41 Å². The Morgan fingerprint density at radius 3 is 2.85 bits per heavy atom. The van der Waals surface area contributed by atoms with E-state index in [0.717, 1.165) is 13.0 Å². The predicted octanol–water partition coefficient (Wildman–Crippen LogP) is 0.856. The van der Waals surface area contributed by atoms with Crippen LogP contribution in [-0.4, -0.2) is 36.0 Å². The number of hydrogen-bond acceptors (Lipinski definition) is 4. The van der Waals surface area contributed by atoms with Crippen molar-refractivity contribution < 1.29 is 4.79 Å². The van der Waals surface area contributed by atoms with Crippen molar-refractivity contribution in [3.63, 3.8) is 0 Å². The molecule has 1 amide bonds. The van der Waals surface area contributed by atoms with Crippen molar-refractivity contribution in [1.82, 2.24) is 15.3 Å². The van der Waals surface area contributed by atoms with Crippen molar-refractivity contribution in [2.24, 2.45) is 5.41 Å². The summed E-state index contributed by atoms with van der Waals surface area (Å²) in [6, 6.07) is 1.50. The Hall–Kier alpha value is -1.85. The van der Waals surface area contributed by atoms with Gasteiger partial charge in [0.2, 0.25) is 5.91 Å². The number of aromatic nitrogens is 2. The number of nitrogens with zero attached hydrogens (tertiary/aromatic N) is 2. The first-order valence-corrected chi connectivity index (χ1v) is 6.94. The van der Waals surface area contributed by atoms with Crippen LogP contribution < -0.4 is 15.8 Å². The molecule has 0 bridgehead atoms. The van der Waals surface area contributed by atoms with Gasteiger partial charge in [0.1, 0.15) is 11.6 Å². The van der Waals surface area contributed by atoms with Gasteiger partial charge < -0.3 is 15.2 Å². The molecule has 6 heteroatoms. The van der Waals surface area contributed by atoms with E-state index in [1.54, 1.807) is 7.05 Å². The van der Waals surface area contributed by atoms with Crippen LogP contribution in [0.2, 0.25) is 0 Å². The summed E-state index contributed by atoms with van der Waals surface area (Å²) in [5.41, 5.74) is -0.566. The molecule has 0 radical (unpaired) electrons. The first kappa shape index (κ1) is 14.6. The molecule has 0 spiro atoms. The summed E-state index contributed by atoms with van der Waals surface area (Å²) in [6.07, 6.45) is 0.762. The zero-order valence-corrected chi connectivity index (χ0v) is 12.5. The van der Waals surface area contributed by atoms with Crippen LogP contribution in [0.5, 0.6) is 0 Å². The van der Waals surface area contributed by atoms with E-state index < -0.39 is 5.41 Å². The second-order valence-corrected chi connectivity index (χ2v) is 5.95. The third-order valence-electron chi connectivity index (χ3n) is 3.87. The normalized spacial score (nSPS) is 22.4. The Kier molecular flexibility index (Phi) is 3.83. The lowest BCUT2D eigenvalue weighted by Gasteiger charge is -2.23. The van der Waals surface area contributed by atoms with Crippen molar-refractivity contribution in [2.75, 3.05) is 25.0 Å². The summed E-state index contributed by atoms with van der Waals surface area (Å²) in [5, 5.41) is 2.71. The van der Waals surface area contributed by atoms with E-state index in [1.165, 1.54) is 6.07 Å². The molecule has 0 aliphatic carbocycles. The smallest absolute Gasteiger partial charge is 0.252 e. The number of carbonyl (C=O) groups is 1. The van der Waals surface area contributed by atoms with Crippen LogP contribution in [0.25, 0.3) is 0 Å². The van der Waals surface area contributed by atoms with E-state index in [9.17, 15) is 9.59 Å². The summed E-state index contributed by atoms with van der Waals surface area (Å²) in [5.74, 6) is 1.54. The van der Waals surface area contributed by atoms with Gasteiger partial charge >= 0.3 is 0 Å². The van der Waals surface area contributed by atoms with E-state index in [2.05, 4.69) is 15.3 Å². The molecular formula is C14H22N4O2. The number of H-pyrrole nitrogens is 1. The third kappa shape index (κ3) is 2.69. The average molecular weight is 278 g/mol. The fourth-order valence-corrected chi connectivity index (χ4v) is 2.54. The summed E-state index contributed by atoms with van der Waals surface area (Å²) >= 11 is 0. The Morgan fingerprint density at radius 1 is 1.55 bits per heavy atom. The highest BCUT2D eigenvalue weighted by Gasteiger charge is 2.40. The SMILES string of the molecule is CNC(=O)C1(C)CCN(c2cc(=O)[nH]c(C(C)C)n2)C1. The van der Waals surface area contributed by atoms with Crippen LogP contribution in [-0.2, 0) is 4.79 Å². The molecule has 1 saturated heterocycles. The topological polar surface area (TPSA) is 78.1 Å². The number of rotatable bonds is 3. The predicted molar refractivity (Wildman–Crippen MR) is 78.0 cm³/mol. The number of anilines is 1. The first-order chi connectivity index (χ1) is 9.35. The maximum absolute atomic E-state index is 11.9. The van der Waals surface area contributed by atoms with E-state index in [1.807, 2.05) is 25.7 Å². The molecule has 1 aromatic heterocycles. The molecule has 1 atom stereocenters. The number of nitrogens with one attached hydrogen (secondary N) is 2. The minimum Gasteiger partial charge on any atom is -0.359 e. The molecule has 1 fully saturated rings. The molecule has 1 aliphatic heterocycles. The van der Waals surface area contributed by atoms with Crippen molar-refractivity contribution in [1.29, 1.82) is 0 Å². The van der Waals surface area contributed by atoms with E-state index in [0.29, 0.717) is 18.2 Å². The van der Waals surface area contributed by atoms with Crippen molar-refractivity contribution in [2.45, 2.75) is 33.1 Å². The standard InChI is InChI=1S/C14H22N4O2/c1-9(2)12-16-10(7-11(19)17-12)18-6-5-14(3,8-18)13(20)15-4/h7,9H,5-6,8H2,1-4H3,(H,15,20)(H,16,17,19). The van der Waals surface area contributed by atoms with Gasteiger partial charge in [-0.05, 0) is 13.3 Å². The van der Waals surface area contributed by atoms with Gasteiger partial charge in [-0.3, -0.25) is 9.59 Å². The lowest BCUT2D eigenvalue weighted by Crippen LogP contribution is -2.39. The largest absolute Gasteiger partial charge is 0.359 e. The van der Waals surface area contributed by atoms with Gasteiger partial charge in [-0.25, -0.2) is 4.98 Å². The molecule has 20 heavy (non-hydrogen) atoms. The quantitative estimate of drug-likeness (QED) is 0.859. The Bertz CT molecular complexity index is 567. The molecule has 6 nitrogen and oxygen atoms in total. The molecular weight excluding hydrogens is 256 g/mol. The fourth-order valence-electron chi connectivity index (χ4n) is 2.54. The van der Waals surface area contributed by atoms with E-state index >= 15 is 0 Å². The molecule has 0 aromatic carbocycles. The molecule has 2 heterocycles. The average Bonchev–Trinajstić information content (AvgIpc) is 2.81. The summed E-state index contributed by atoms with van der Waals surface area (Å²) in [7, 11) is 1.65. The molecule has 1 unspecified atom stereocenters. The van der Waals surface area contributed by atoms with Gasteiger partial charge in [-0.1, -0.05) is 13.8 Å². The maximum Gasteiger partial charge on any atom is 0.252 e. The lowest BCUT2D eigenvalue weighted by molar-refractivity contribution is -0.128. The zero-order chi connectivity index (χ0) is 14.9. The Labute approximate surface area is 118 Å². The minimum absolute atomic E-state index is 0.0360. The highest BCUT2D eigenvalue weighted by molar-refractivity contribution is 5.83. The third-order valence-corrected chi connectivity index (χ3v) is 3.87. The van der Waals surface area contributed by atoms with Crippen LogP contribution >= 0.6 is 0 Å². The van der Waals surface area contributed by atoms with Crippen molar-refractivity contribution in [3.8, 4) is 0 Å². The van der Waals surface area contributed by atoms with Crippen LogP contribution in [0.4, 0.5) is 5.82 Å². The number of aromatic amines is 1. The van der Waals surface area contributed by atoms with Crippen molar-refractivity contribution in [3.05, 3.63) is 22.2 Å². The fraction of sp³-hybridized carbons (Fsp3) is 0.643. The van der Waals surface area contributed by atoms with Gasteiger partial charge in [-0.15, -0.1) is 0 Å². The summed E-state index contributed by atoms with van der Waals surface area (Å²) in [4.78, 5) is 32.9. The molecule has 2 rings (SSSR count). The second-order valence-electron chi connectivity index (χ2n) is 5.95. The van der Waals surface area contributed by atoms with Gasteiger partial charge in [0.15, 0.2) is 0 Å². The molecule has 2 N–H and O–H groups in total. The van der Waals surface area contributed by atoms with Crippen LogP contribution in [0.15, 0.2) is 10.9 Å². The summed E-state index contributed by atoms with van der Waals surface area (Å²) in [6.45, 7) is 7.24. The number of amides is 1. The molecule has 1 aliphatic rings. The van der Waals surface area contributed by atoms with E-state index in [-0.39, 0.29) is 17.4 Å². The second kappa shape index (κ2) is 5.26. The van der Waals surface area contributed by atoms with Crippen molar-refractivity contribution >= 4 is 11.7 Å². The Balaban J connectivity index is 2.26. The minimum atomic E-state index is -0.420. The lowest BCUT2D eigenvalue weighted by atomic mass is 9.89. The number of hydrogen-bond donors (Lipinski definition) is 2. The van der Waals surface area contributed by atoms with Gasteiger partial charge in [0.05, 0.1) is 5.41 Å². The summed E-state index contributed by atoms with van der Waals surface area (Å²) < 4.78 is 0. The number of carbonyl (C=O) groups excluding carboxylic acids is 1. The van der Waals surface area contributed by atoms with E-state index in [4.69, 9.17) is 0 Å². The first-order valence-electron chi connectivity index (χ1n) is 6.94. The van der Waals surface area contributed by atoms with Gasteiger partial charge in [0, 0.05) is 32.1 Å². The monoisotopic (exact) mass is 278 g/mol.